The van der Waals surface area contributed by atoms with E-state index in [9.17, 15) is 0 Å². The summed E-state index contributed by atoms with van der Waals surface area (Å²) >= 11 is -0.556. The van der Waals surface area contributed by atoms with Crippen LogP contribution < -0.4 is 0 Å². The molecule has 1 N–H and O–H groups in total. The van der Waals surface area contributed by atoms with Gasteiger partial charge in [0.2, 0.25) is 0 Å². The summed E-state index contributed by atoms with van der Waals surface area (Å²) < 4.78 is 0. The van der Waals surface area contributed by atoms with Crippen LogP contribution in [0, 0.1) is 0 Å². The van der Waals surface area contributed by atoms with E-state index in [1.807, 2.05) is 0 Å². The number of aliphatic hydroxyl groups excluding tert-OH is 1. The van der Waals surface area contributed by atoms with Crippen molar-refractivity contribution in [3.05, 3.63) is 5.32 Å². The molecule has 0 radical (unpaired) electrons. The summed E-state index contributed by atoms with van der Waals surface area (Å²) in [5.41, 5.74) is 0. The second kappa shape index (κ2) is 45.2. The van der Waals surface area contributed by atoms with Crippen LogP contribution in [-0.4, -0.2) is 24.8 Å². The molecule has 0 fully saturated rings. The van der Waals surface area contributed by atoms with Crippen molar-refractivity contribution in [2.45, 2.75) is 175 Å². The summed E-state index contributed by atoms with van der Waals surface area (Å²) in [6.45, 7) is 9.42. The third kappa shape index (κ3) is 52.5. The standard InChI is InChI=1S/C20H42N.C10H22O.2ClH.Ti/c1-3-5-7-9-11-13-15-17-19-21-20-18-16-14-12-10-8-6-4-2;1-2-3-4-5-6-7-8-9-10-11;;;/h3-20H2,1-2H3;11H,2-10H2,1H3;2*1H;/q-1;;;;+2/p-2. The van der Waals surface area contributed by atoms with E-state index in [1.165, 1.54) is 148 Å². The SMILES string of the molecule is CCCCCCCCCCO.CCCCCCCCCC[N-]CCCCCCCCCC.[Cl][Ti][Cl]. The predicted molar refractivity (Wildman–Crippen MR) is 160 cm³/mol. The van der Waals surface area contributed by atoms with Crippen LogP contribution in [0.2, 0.25) is 0 Å². The van der Waals surface area contributed by atoms with E-state index in [0.717, 1.165) is 19.5 Å². The van der Waals surface area contributed by atoms with E-state index in [4.69, 9.17) is 23.7 Å². The average Bonchev–Trinajstić information content (AvgIpc) is 2.86. The fraction of sp³-hybridized carbons (Fsp3) is 1.00. The van der Waals surface area contributed by atoms with Crippen molar-refractivity contribution in [3.63, 3.8) is 0 Å². The van der Waals surface area contributed by atoms with Gasteiger partial charge in [0.05, 0.1) is 0 Å². The summed E-state index contributed by atoms with van der Waals surface area (Å²) in [4.78, 5) is 0. The molecule has 0 aromatic rings. The number of aliphatic hydroxyl groups is 1. The Kier molecular flexibility index (Phi) is 52.5. The molecule has 2 nitrogen and oxygen atoms in total. The van der Waals surface area contributed by atoms with E-state index >= 15 is 0 Å². The van der Waals surface area contributed by atoms with Crippen LogP contribution in [0.5, 0.6) is 0 Å². The van der Waals surface area contributed by atoms with Crippen molar-refractivity contribution in [2.75, 3.05) is 19.7 Å². The minimum atomic E-state index is -0.556. The first-order chi connectivity index (χ1) is 17.2. The first-order valence-electron chi connectivity index (χ1n) is 15.4. The van der Waals surface area contributed by atoms with E-state index in [0.29, 0.717) is 6.61 Å². The van der Waals surface area contributed by atoms with Gasteiger partial charge in [-0.05, 0) is 6.42 Å². The molecule has 0 saturated heterocycles. The van der Waals surface area contributed by atoms with Crippen LogP contribution in [0.1, 0.15) is 175 Å². The molecule has 0 rings (SSSR count). The van der Waals surface area contributed by atoms with Gasteiger partial charge in [0.15, 0.2) is 0 Å². The predicted octanol–water partition coefficient (Wildman–Crippen LogP) is 12.1. The molecule has 0 aliphatic rings. The molecule has 35 heavy (non-hydrogen) atoms. The van der Waals surface area contributed by atoms with Gasteiger partial charge in [-0.1, -0.05) is 168 Å². The Morgan fingerprint density at radius 1 is 0.429 bits per heavy atom. The zero-order valence-corrected chi connectivity index (χ0v) is 27.3. The van der Waals surface area contributed by atoms with Crippen molar-refractivity contribution < 1.29 is 22.1 Å². The van der Waals surface area contributed by atoms with Crippen LogP contribution >= 0.6 is 18.6 Å². The number of nitrogens with zero attached hydrogens (tertiary/aromatic N) is 1. The second-order valence-electron chi connectivity index (χ2n) is 9.89. The third-order valence-corrected chi connectivity index (χ3v) is 6.35. The van der Waals surface area contributed by atoms with Crippen LogP contribution in [0.15, 0.2) is 0 Å². The summed E-state index contributed by atoms with van der Waals surface area (Å²) in [6, 6.07) is 0. The Morgan fingerprint density at radius 2 is 0.657 bits per heavy atom. The van der Waals surface area contributed by atoms with E-state index in [2.05, 4.69) is 26.1 Å². The van der Waals surface area contributed by atoms with Crippen LogP contribution in [-0.2, 0) is 17.0 Å². The molecule has 0 spiro atoms. The van der Waals surface area contributed by atoms with Gasteiger partial charge >= 0.3 is 35.6 Å². The van der Waals surface area contributed by atoms with Crippen molar-refractivity contribution in [1.29, 1.82) is 0 Å². The zero-order chi connectivity index (χ0) is 26.5. The normalized spacial score (nSPS) is 10.3. The fourth-order valence-electron chi connectivity index (χ4n) is 4.07. The summed E-state index contributed by atoms with van der Waals surface area (Å²) in [5.74, 6) is 0. The topological polar surface area (TPSA) is 34.3 Å². The van der Waals surface area contributed by atoms with Gasteiger partial charge in [0.25, 0.3) is 0 Å². The quantitative estimate of drug-likeness (QED) is 0.0811. The van der Waals surface area contributed by atoms with E-state index < -0.39 is 17.0 Å². The summed E-state index contributed by atoms with van der Waals surface area (Å²) in [5, 5.41) is 13.2. The molecule has 0 saturated carbocycles. The van der Waals surface area contributed by atoms with Crippen molar-refractivity contribution >= 4 is 18.6 Å². The van der Waals surface area contributed by atoms with Gasteiger partial charge < -0.3 is 10.4 Å². The van der Waals surface area contributed by atoms with Crippen molar-refractivity contribution in [1.82, 2.24) is 0 Å². The van der Waals surface area contributed by atoms with Gasteiger partial charge in [-0.3, -0.25) is 0 Å². The number of unbranched alkanes of at least 4 members (excludes halogenated alkanes) is 21. The third-order valence-electron chi connectivity index (χ3n) is 6.35. The fourth-order valence-corrected chi connectivity index (χ4v) is 4.07. The molecule has 5 heteroatoms. The van der Waals surface area contributed by atoms with Gasteiger partial charge in [-0.15, -0.1) is 13.1 Å². The van der Waals surface area contributed by atoms with E-state index in [-0.39, 0.29) is 0 Å². The van der Waals surface area contributed by atoms with E-state index in [1.54, 1.807) is 0 Å². The molecule has 0 heterocycles. The monoisotopic (exact) mass is 572 g/mol. The number of hydrogen-bond donors (Lipinski definition) is 1. The maximum atomic E-state index is 8.51. The van der Waals surface area contributed by atoms with Crippen molar-refractivity contribution in [3.8, 4) is 0 Å². The second-order valence-corrected chi connectivity index (χ2v) is 12.5. The molecule has 0 unspecified atom stereocenters. The van der Waals surface area contributed by atoms with Crippen LogP contribution in [0.3, 0.4) is 0 Å². The first-order valence-corrected chi connectivity index (χ1v) is 19.7. The molecule has 0 aromatic heterocycles. The molecule has 214 valence electrons. The number of halogens is 2. The van der Waals surface area contributed by atoms with Gasteiger partial charge in [0, 0.05) is 6.61 Å². The van der Waals surface area contributed by atoms with Crippen LogP contribution in [0.25, 0.3) is 5.32 Å². The minimum absolute atomic E-state index is 0.370. The Bertz CT molecular complexity index is 286. The molecule has 0 aromatic carbocycles. The molecule has 0 aliphatic heterocycles. The Morgan fingerprint density at radius 3 is 0.914 bits per heavy atom. The Labute approximate surface area is 239 Å². The molecule has 0 amide bonds. The van der Waals surface area contributed by atoms with Crippen LogP contribution in [0.4, 0.5) is 0 Å². The Balaban J connectivity index is -0.000000610. The molecule has 0 aliphatic carbocycles. The van der Waals surface area contributed by atoms with Gasteiger partial charge in [-0.2, -0.15) is 0 Å². The summed E-state index contributed by atoms with van der Waals surface area (Å²) in [7, 11) is 9.78. The molecular weight excluding hydrogens is 509 g/mol. The van der Waals surface area contributed by atoms with Crippen molar-refractivity contribution in [2.24, 2.45) is 0 Å². The summed E-state index contributed by atoms with van der Waals surface area (Å²) in [6.07, 6.45) is 32.9. The number of rotatable bonds is 26. The van der Waals surface area contributed by atoms with Gasteiger partial charge in [0.1, 0.15) is 0 Å². The van der Waals surface area contributed by atoms with Gasteiger partial charge in [-0.25, -0.2) is 0 Å². The molecule has 0 atom stereocenters. The molecule has 0 bridgehead atoms. The maximum absolute atomic E-state index is 8.51. The Hall–Kier alpha value is 1.21. The number of hydrogen-bond acceptors (Lipinski definition) is 1. The zero-order valence-electron chi connectivity index (χ0n) is 24.2. The molecular formula is C30H64Cl2NOTi-. The average molecular weight is 574 g/mol. The first kappa shape index (κ1) is 40.7.